The topological polar surface area (TPSA) is 98.9 Å². The normalized spacial score (nSPS) is 10.5. The zero-order chi connectivity index (χ0) is 21.5. The van der Waals surface area contributed by atoms with Gasteiger partial charge in [-0.15, -0.1) is 0 Å². The molecule has 2 aromatic carbocycles. The van der Waals surface area contributed by atoms with Gasteiger partial charge in [0.25, 0.3) is 5.91 Å². The van der Waals surface area contributed by atoms with Crippen molar-refractivity contribution in [2.45, 2.75) is 13.0 Å². The fraction of sp³-hybridized carbons (Fsp3) is 0.273. The molecule has 0 aliphatic heterocycles. The molecule has 3 rings (SSSR count). The second kappa shape index (κ2) is 9.69. The number of nitrogens with one attached hydrogen (secondary N) is 2. The van der Waals surface area contributed by atoms with E-state index >= 15 is 0 Å². The van der Waals surface area contributed by atoms with Crippen molar-refractivity contribution in [2.24, 2.45) is 0 Å². The predicted molar refractivity (Wildman–Crippen MR) is 111 cm³/mol. The fourth-order valence-corrected chi connectivity index (χ4v) is 3.12. The van der Waals surface area contributed by atoms with Crippen LogP contribution in [0.3, 0.4) is 0 Å². The molecule has 0 bridgehead atoms. The van der Waals surface area contributed by atoms with E-state index in [9.17, 15) is 9.59 Å². The number of esters is 1. The molecule has 0 spiro atoms. The molecule has 3 aromatic rings. The number of H-pyrrole nitrogens is 1. The number of carbonyl (C=O) groups is 2. The summed E-state index contributed by atoms with van der Waals surface area (Å²) >= 11 is 0. The molecule has 158 valence electrons. The molecule has 0 radical (unpaired) electrons. The van der Waals surface area contributed by atoms with E-state index in [0.717, 1.165) is 22.0 Å². The van der Waals surface area contributed by atoms with Crippen LogP contribution in [0.5, 0.6) is 17.2 Å². The first kappa shape index (κ1) is 21.0. The van der Waals surface area contributed by atoms with Crippen LogP contribution in [0.2, 0.25) is 0 Å². The van der Waals surface area contributed by atoms with E-state index in [2.05, 4.69) is 10.3 Å². The largest absolute Gasteiger partial charge is 0.493 e. The third-order valence-electron chi connectivity index (χ3n) is 4.59. The maximum absolute atomic E-state index is 12.1. The summed E-state index contributed by atoms with van der Waals surface area (Å²) in [6, 6.07) is 11.2. The molecule has 0 atom stereocenters. The highest BCUT2D eigenvalue weighted by Gasteiger charge is 2.15. The second-order valence-corrected chi connectivity index (χ2v) is 6.51. The third-order valence-corrected chi connectivity index (χ3v) is 4.59. The highest BCUT2D eigenvalue weighted by atomic mass is 16.5. The van der Waals surface area contributed by atoms with Crippen molar-refractivity contribution in [2.75, 3.05) is 27.9 Å². The summed E-state index contributed by atoms with van der Waals surface area (Å²) in [6.45, 7) is -0.138. The lowest BCUT2D eigenvalue weighted by molar-refractivity contribution is -0.147. The second-order valence-electron chi connectivity index (χ2n) is 6.51. The minimum atomic E-state index is -0.470. The number of amides is 1. The van der Waals surface area contributed by atoms with E-state index in [1.54, 1.807) is 18.3 Å². The molecule has 0 fully saturated rings. The fourth-order valence-electron chi connectivity index (χ4n) is 3.12. The van der Waals surface area contributed by atoms with Crippen molar-refractivity contribution in [1.29, 1.82) is 0 Å². The van der Waals surface area contributed by atoms with Crippen molar-refractivity contribution >= 4 is 22.8 Å². The highest BCUT2D eigenvalue weighted by molar-refractivity contribution is 5.88. The molecule has 8 heteroatoms. The number of hydrogen-bond acceptors (Lipinski definition) is 6. The lowest BCUT2D eigenvalue weighted by atomic mass is 10.1. The standard InChI is InChI=1S/C22H24N2O6/c1-27-18-8-14(9-19(28-2)22(18)29-3)11-24-20(25)13-30-21(26)10-15-12-23-17-7-5-4-6-16(15)17/h4-9,12,23H,10-11,13H2,1-3H3,(H,24,25). The lowest BCUT2D eigenvalue weighted by Crippen LogP contribution is -2.28. The molecular formula is C22H24N2O6. The maximum Gasteiger partial charge on any atom is 0.310 e. The zero-order valence-corrected chi connectivity index (χ0v) is 17.1. The molecule has 0 aliphatic rings. The van der Waals surface area contributed by atoms with E-state index in [1.807, 2.05) is 24.3 Å². The molecule has 1 aromatic heterocycles. The van der Waals surface area contributed by atoms with Crippen molar-refractivity contribution in [3.05, 3.63) is 53.7 Å². The van der Waals surface area contributed by atoms with Crippen molar-refractivity contribution in [3.8, 4) is 17.2 Å². The molecular weight excluding hydrogens is 388 g/mol. The van der Waals surface area contributed by atoms with E-state index in [1.165, 1.54) is 21.3 Å². The molecule has 0 unspecified atom stereocenters. The summed E-state index contributed by atoms with van der Waals surface area (Å²) in [5.41, 5.74) is 2.53. The first-order chi connectivity index (χ1) is 14.5. The number of methoxy groups -OCH3 is 3. The number of ether oxygens (including phenoxy) is 4. The van der Waals surface area contributed by atoms with Gasteiger partial charge in [0.1, 0.15) is 0 Å². The van der Waals surface area contributed by atoms with Gasteiger partial charge in [-0.25, -0.2) is 0 Å². The molecule has 30 heavy (non-hydrogen) atoms. The van der Waals surface area contributed by atoms with Crippen molar-refractivity contribution in [3.63, 3.8) is 0 Å². The van der Waals surface area contributed by atoms with Crippen LogP contribution < -0.4 is 19.5 Å². The Morgan fingerprint density at radius 2 is 1.70 bits per heavy atom. The summed E-state index contributed by atoms with van der Waals surface area (Å²) in [5, 5.41) is 3.67. The number of para-hydroxylation sites is 1. The van der Waals surface area contributed by atoms with Crippen LogP contribution in [0.15, 0.2) is 42.6 Å². The quantitative estimate of drug-likeness (QED) is 0.524. The van der Waals surface area contributed by atoms with Crippen LogP contribution in [0.1, 0.15) is 11.1 Å². The first-order valence-electron chi connectivity index (χ1n) is 9.32. The van der Waals surface area contributed by atoms with Crippen LogP contribution in [0.25, 0.3) is 10.9 Å². The molecule has 0 saturated heterocycles. The summed E-state index contributed by atoms with van der Waals surface area (Å²) < 4.78 is 21.0. The maximum atomic E-state index is 12.1. The smallest absolute Gasteiger partial charge is 0.310 e. The van der Waals surface area contributed by atoms with Gasteiger partial charge in [0.15, 0.2) is 18.1 Å². The van der Waals surface area contributed by atoms with Crippen molar-refractivity contribution in [1.82, 2.24) is 10.3 Å². The predicted octanol–water partition coefficient (Wildman–Crippen LogP) is 2.60. The number of fused-ring (bicyclic) bond motifs is 1. The Bertz CT molecular complexity index is 1020. The Morgan fingerprint density at radius 1 is 1.00 bits per heavy atom. The molecule has 2 N–H and O–H groups in total. The van der Waals surface area contributed by atoms with E-state index < -0.39 is 11.9 Å². The Labute approximate surface area is 174 Å². The van der Waals surface area contributed by atoms with Crippen molar-refractivity contribution < 1.29 is 28.5 Å². The summed E-state index contributed by atoms with van der Waals surface area (Å²) in [6.07, 6.45) is 1.86. The van der Waals surface area contributed by atoms with Crippen LogP contribution in [0, 0.1) is 0 Å². The number of carbonyl (C=O) groups excluding carboxylic acids is 2. The minimum Gasteiger partial charge on any atom is -0.493 e. The highest BCUT2D eigenvalue weighted by Crippen LogP contribution is 2.38. The van der Waals surface area contributed by atoms with E-state index in [-0.39, 0.29) is 19.6 Å². The molecule has 0 saturated carbocycles. The summed E-state index contributed by atoms with van der Waals surface area (Å²) in [5.74, 6) is 0.581. The minimum absolute atomic E-state index is 0.0875. The first-order valence-corrected chi connectivity index (χ1v) is 9.32. The number of hydrogen-bond donors (Lipinski definition) is 2. The number of aromatic nitrogens is 1. The molecule has 0 aliphatic carbocycles. The van der Waals surface area contributed by atoms with Gasteiger partial charge >= 0.3 is 5.97 Å². The Balaban J connectivity index is 1.52. The van der Waals surface area contributed by atoms with Crippen LogP contribution in [-0.4, -0.2) is 44.8 Å². The number of aromatic amines is 1. The average molecular weight is 412 g/mol. The molecule has 1 heterocycles. The zero-order valence-electron chi connectivity index (χ0n) is 17.1. The van der Waals surface area contributed by atoms with Gasteiger partial charge in [-0.2, -0.15) is 0 Å². The van der Waals surface area contributed by atoms with Gasteiger partial charge in [-0.1, -0.05) is 18.2 Å². The molecule has 1 amide bonds. The number of benzene rings is 2. The number of rotatable bonds is 9. The Morgan fingerprint density at radius 3 is 2.37 bits per heavy atom. The third kappa shape index (κ3) is 4.83. The van der Waals surface area contributed by atoms with Gasteiger partial charge in [0.05, 0.1) is 27.8 Å². The van der Waals surface area contributed by atoms with Crippen LogP contribution in [-0.2, 0) is 27.3 Å². The van der Waals surface area contributed by atoms with E-state index in [4.69, 9.17) is 18.9 Å². The van der Waals surface area contributed by atoms with Gasteiger partial charge < -0.3 is 29.2 Å². The van der Waals surface area contributed by atoms with Gasteiger partial charge in [0, 0.05) is 23.6 Å². The SMILES string of the molecule is COc1cc(CNC(=O)COC(=O)Cc2c[nH]c3ccccc23)cc(OC)c1OC. The Kier molecular flexibility index (Phi) is 6.79. The van der Waals surface area contributed by atoms with Crippen LogP contribution >= 0.6 is 0 Å². The Hall–Kier alpha value is -3.68. The van der Waals surface area contributed by atoms with Gasteiger partial charge in [0.2, 0.25) is 5.75 Å². The monoisotopic (exact) mass is 412 g/mol. The molecule has 8 nitrogen and oxygen atoms in total. The average Bonchev–Trinajstić information content (AvgIpc) is 3.18. The van der Waals surface area contributed by atoms with Crippen LogP contribution in [0.4, 0.5) is 0 Å². The van der Waals surface area contributed by atoms with E-state index in [0.29, 0.717) is 17.2 Å². The summed E-state index contributed by atoms with van der Waals surface area (Å²) in [7, 11) is 4.56. The van der Waals surface area contributed by atoms with Gasteiger partial charge in [-0.3, -0.25) is 9.59 Å². The lowest BCUT2D eigenvalue weighted by Gasteiger charge is -2.14. The summed E-state index contributed by atoms with van der Waals surface area (Å²) in [4.78, 5) is 27.3. The van der Waals surface area contributed by atoms with Gasteiger partial charge in [-0.05, 0) is 29.3 Å².